The minimum Gasteiger partial charge on any atom is -0.504 e. The second-order valence-corrected chi connectivity index (χ2v) is 6.80. The van der Waals surface area contributed by atoms with Crippen LogP contribution in [0.25, 0.3) is 11.3 Å². The quantitative estimate of drug-likeness (QED) is 0.282. The molecule has 0 radical (unpaired) electrons. The van der Waals surface area contributed by atoms with Crippen LogP contribution in [0.2, 0.25) is 0 Å². The average Bonchev–Trinajstić information content (AvgIpc) is 3.19. The van der Waals surface area contributed by atoms with Gasteiger partial charge in [-0.3, -0.25) is 5.43 Å². The van der Waals surface area contributed by atoms with Crippen molar-refractivity contribution in [2.75, 3.05) is 17.9 Å². The lowest BCUT2D eigenvalue weighted by Crippen LogP contribution is -2.03. The first kappa shape index (κ1) is 19.5. The average molecular weight is 474 g/mol. The van der Waals surface area contributed by atoms with Gasteiger partial charge in [-0.25, -0.2) is 14.0 Å². The molecule has 2 heterocycles. The number of benzene rings is 2. The fourth-order valence-corrected chi connectivity index (χ4v) is 2.94. The number of aromatic nitrogens is 4. The van der Waals surface area contributed by atoms with Gasteiger partial charge in [0.1, 0.15) is 5.82 Å². The van der Waals surface area contributed by atoms with Gasteiger partial charge >= 0.3 is 0 Å². The zero-order valence-corrected chi connectivity index (χ0v) is 16.9. The van der Waals surface area contributed by atoms with Gasteiger partial charge in [-0.1, -0.05) is 15.9 Å². The lowest BCUT2D eigenvalue weighted by Gasteiger charge is -2.09. The largest absolute Gasteiger partial charge is 0.504 e. The van der Waals surface area contributed by atoms with E-state index in [0.29, 0.717) is 21.5 Å². The maximum atomic E-state index is 13.2. The van der Waals surface area contributed by atoms with Crippen LogP contribution in [0.15, 0.2) is 50.6 Å². The summed E-state index contributed by atoms with van der Waals surface area (Å²) in [5, 5.41) is 24.7. The number of hydrogen-bond acceptors (Lipinski definition) is 10. The summed E-state index contributed by atoms with van der Waals surface area (Å²) >= 11 is 3.34. The van der Waals surface area contributed by atoms with Crippen LogP contribution < -0.4 is 15.5 Å². The van der Waals surface area contributed by atoms with Gasteiger partial charge in [0.05, 0.1) is 13.3 Å². The summed E-state index contributed by atoms with van der Waals surface area (Å²) in [6.07, 6.45) is 1.39. The van der Waals surface area contributed by atoms with Crippen LogP contribution >= 0.6 is 15.9 Å². The fraction of sp³-hybridized carbons (Fsp3) is 0.0556. The zero-order chi connectivity index (χ0) is 21.1. The smallest absolute Gasteiger partial charge is 0.245 e. The van der Waals surface area contributed by atoms with E-state index in [4.69, 9.17) is 4.74 Å². The summed E-state index contributed by atoms with van der Waals surface area (Å²) in [7, 11) is 1.45. The molecule has 2 aromatic heterocycles. The first-order valence-corrected chi connectivity index (χ1v) is 9.21. The third-order valence-corrected chi connectivity index (χ3v) is 4.34. The molecule has 0 aliphatic carbocycles. The van der Waals surface area contributed by atoms with Gasteiger partial charge in [0.25, 0.3) is 0 Å². The highest BCUT2D eigenvalue weighted by molar-refractivity contribution is 9.10. The third-order valence-electron chi connectivity index (χ3n) is 3.88. The topological polar surface area (TPSA) is 131 Å². The van der Waals surface area contributed by atoms with Crippen molar-refractivity contribution < 1.29 is 18.9 Å². The molecule has 0 aliphatic rings. The van der Waals surface area contributed by atoms with Crippen molar-refractivity contribution in [1.82, 2.24) is 20.3 Å². The predicted molar refractivity (Wildman–Crippen MR) is 111 cm³/mol. The van der Waals surface area contributed by atoms with Crippen molar-refractivity contribution in [3.05, 3.63) is 52.3 Å². The van der Waals surface area contributed by atoms with E-state index in [1.54, 1.807) is 24.3 Å². The highest BCUT2D eigenvalue weighted by Gasteiger charge is 2.13. The number of nitrogens with zero attached hydrogens (tertiary/aromatic N) is 5. The van der Waals surface area contributed by atoms with Crippen LogP contribution in [0.3, 0.4) is 0 Å². The molecule has 0 saturated heterocycles. The lowest BCUT2D eigenvalue weighted by molar-refractivity contribution is 0.314. The molecule has 2 aromatic carbocycles. The molecular weight excluding hydrogens is 461 g/mol. The minimum atomic E-state index is -0.366. The summed E-state index contributed by atoms with van der Waals surface area (Å²) < 4.78 is 23.6. The third kappa shape index (κ3) is 4.12. The highest BCUT2D eigenvalue weighted by atomic mass is 79.9. The van der Waals surface area contributed by atoms with Crippen LogP contribution in [0.1, 0.15) is 5.56 Å². The van der Waals surface area contributed by atoms with Gasteiger partial charge in [-0.2, -0.15) is 10.1 Å². The molecule has 0 atom stereocenters. The Balaban J connectivity index is 1.64. The van der Waals surface area contributed by atoms with E-state index in [1.807, 2.05) is 0 Å². The molecule has 0 spiro atoms. The standard InChI is InChI=1S/C18H13BrFN7O3/c1-29-13-7-10(19)6-9(14(13)28)8-21-25-16-15(22-12-4-2-11(20)3-5-12)23-17-18(24-16)27-30-26-17/h2-8,28H,1H3,(H,22,23,26)(H,24,25,27)/b21-8+. The van der Waals surface area contributed by atoms with Crippen molar-refractivity contribution >= 4 is 50.8 Å². The van der Waals surface area contributed by atoms with Crippen LogP contribution in [0.4, 0.5) is 21.7 Å². The number of phenolic OH excluding ortho intramolecular Hbond substituents is 1. The van der Waals surface area contributed by atoms with E-state index in [-0.39, 0.29) is 34.5 Å². The monoisotopic (exact) mass is 473 g/mol. The first-order chi connectivity index (χ1) is 14.5. The number of fused-ring (bicyclic) bond motifs is 1. The predicted octanol–water partition coefficient (Wildman–Crippen LogP) is 3.82. The second kappa shape index (κ2) is 8.29. The molecule has 0 fully saturated rings. The van der Waals surface area contributed by atoms with E-state index in [0.717, 1.165) is 0 Å². The van der Waals surface area contributed by atoms with E-state index < -0.39 is 0 Å². The van der Waals surface area contributed by atoms with Crippen molar-refractivity contribution in [2.45, 2.75) is 0 Å². The molecule has 0 amide bonds. The van der Waals surface area contributed by atoms with Gasteiger partial charge in [-0.05, 0) is 46.7 Å². The number of halogens is 2. The normalized spacial score (nSPS) is 11.2. The van der Waals surface area contributed by atoms with Gasteiger partial charge < -0.3 is 15.2 Å². The molecular formula is C18H13BrFN7O3. The van der Waals surface area contributed by atoms with Crippen LogP contribution in [-0.4, -0.2) is 38.7 Å². The van der Waals surface area contributed by atoms with Crippen molar-refractivity contribution in [3.8, 4) is 11.5 Å². The first-order valence-electron chi connectivity index (χ1n) is 8.42. The van der Waals surface area contributed by atoms with Crippen molar-refractivity contribution in [2.24, 2.45) is 5.10 Å². The Bertz CT molecular complexity index is 1230. The Morgan fingerprint density at radius 3 is 2.53 bits per heavy atom. The number of nitrogens with one attached hydrogen (secondary N) is 2. The van der Waals surface area contributed by atoms with E-state index >= 15 is 0 Å². The minimum absolute atomic E-state index is 0.0712. The summed E-state index contributed by atoms with van der Waals surface area (Å²) in [6.45, 7) is 0. The molecule has 30 heavy (non-hydrogen) atoms. The summed E-state index contributed by atoms with van der Waals surface area (Å²) in [5.74, 6) is 0.325. The van der Waals surface area contributed by atoms with Crippen LogP contribution in [-0.2, 0) is 0 Å². The number of hydrogen-bond donors (Lipinski definition) is 3. The van der Waals surface area contributed by atoms with Crippen molar-refractivity contribution in [1.29, 1.82) is 0 Å². The number of hydrazone groups is 1. The number of methoxy groups -OCH3 is 1. The Morgan fingerprint density at radius 2 is 1.83 bits per heavy atom. The molecule has 0 unspecified atom stereocenters. The number of ether oxygens (including phenoxy) is 1. The van der Waals surface area contributed by atoms with Crippen LogP contribution in [0.5, 0.6) is 11.5 Å². The second-order valence-electron chi connectivity index (χ2n) is 5.88. The Kier molecular flexibility index (Phi) is 5.39. The molecule has 4 aromatic rings. The van der Waals surface area contributed by atoms with Gasteiger partial charge in [0.15, 0.2) is 23.1 Å². The molecule has 0 aliphatic heterocycles. The fourth-order valence-electron chi connectivity index (χ4n) is 2.48. The zero-order valence-electron chi connectivity index (χ0n) is 15.3. The molecule has 12 heteroatoms. The maximum absolute atomic E-state index is 13.2. The molecule has 4 rings (SSSR count). The summed E-state index contributed by atoms with van der Waals surface area (Å²) in [5.41, 5.74) is 4.07. The van der Waals surface area contributed by atoms with E-state index in [9.17, 15) is 9.50 Å². The Hall–Kier alpha value is -3.80. The number of anilines is 3. The maximum Gasteiger partial charge on any atom is 0.245 e. The SMILES string of the molecule is COc1cc(Br)cc(/C=N/Nc2nc3nonc3nc2Nc2ccc(F)cc2)c1O. The molecule has 3 N–H and O–H groups in total. The summed E-state index contributed by atoms with van der Waals surface area (Å²) in [4.78, 5) is 8.56. The number of phenols is 1. The van der Waals surface area contributed by atoms with E-state index in [2.05, 4.69) is 56.7 Å². The van der Waals surface area contributed by atoms with E-state index in [1.165, 1.54) is 25.5 Å². The molecule has 10 nitrogen and oxygen atoms in total. The Morgan fingerprint density at radius 1 is 1.13 bits per heavy atom. The Labute approximate surface area is 176 Å². The van der Waals surface area contributed by atoms with Gasteiger partial charge in [0, 0.05) is 15.7 Å². The molecule has 0 saturated carbocycles. The molecule has 152 valence electrons. The number of rotatable bonds is 6. The lowest BCUT2D eigenvalue weighted by atomic mass is 10.2. The van der Waals surface area contributed by atoms with Gasteiger partial charge in [0.2, 0.25) is 11.3 Å². The van der Waals surface area contributed by atoms with Crippen molar-refractivity contribution in [3.63, 3.8) is 0 Å². The highest BCUT2D eigenvalue weighted by Crippen LogP contribution is 2.32. The summed E-state index contributed by atoms with van der Waals surface area (Å²) in [6, 6.07) is 8.99. The number of aromatic hydroxyl groups is 1. The van der Waals surface area contributed by atoms with Crippen LogP contribution in [0, 0.1) is 5.82 Å². The van der Waals surface area contributed by atoms with Gasteiger partial charge in [-0.15, -0.1) is 0 Å². The molecule has 0 bridgehead atoms.